The van der Waals surface area contributed by atoms with E-state index in [0.29, 0.717) is 22.2 Å². The second-order valence-electron chi connectivity index (χ2n) is 5.40. The molecule has 1 N–H and O–H groups in total. The van der Waals surface area contributed by atoms with Gasteiger partial charge in [0.05, 0.1) is 6.10 Å². The van der Waals surface area contributed by atoms with E-state index in [0.717, 1.165) is 19.4 Å². The van der Waals surface area contributed by atoms with Gasteiger partial charge < -0.3 is 10.0 Å². The number of hydrogen-bond donors (Lipinski definition) is 1. The molecule has 1 aromatic rings. The Bertz CT molecular complexity index is 523. The Morgan fingerprint density at radius 2 is 2.10 bits per heavy atom. The van der Waals surface area contributed by atoms with Crippen LogP contribution >= 0.6 is 23.2 Å². The number of rotatable bonds is 3. The second kappa shape index (κ2) is 7.30. The summed E-state index contributed by atoms with van der Waals surface area (Å²) >= 11 is 12.1. The number of hydrogen-bond acceptors (Lipinski definition) is 2. The van der Waals surface area contributed by atoms with Gasteiger partial charge in [0.1, 0.15) is 0 Å². The van der Waals surface area contributed by atoms with Crippen molar-refractivity contribution in [2.45, 2.75) is 25.9 Å². The third kappa shape index (κ3) is 4.22. The summed E-state index contributed by atoms with van der Waals surface area (Å²) in [7, 11) is 0. The molecule has 0 spiro atoms. The van der Waals surface area contributed by atoms with Crippen LogP contribution in [0.5, 0.6) is 0 Å². The Morgan fingerprint density at radius 1 is 1.43 bits per heavy atom. The highest BCUT2D eigenvalue weighted by Gasteiger charge is 2.25. The molecular weight excluding hydrogens is 309 g/mol. The highest BCUT2D eigenvalue weighted by molar-refractivity contribution is 6.37. The van der Waals surface area contributed by atoms with Crippen LogP contribution in [0.25, 0.3) is 6.08 Å². The molecule has 1 heterocycles. The molecule has 3 nitrogen and oxygen atoms in total. The summed E-state index contributed by atoms with van der Waals surface area (Å²) in [5.41, 5.74) is 0.651. The zero-order valence-corrected chi connectivity index (χ0v) is 13.4. The number of amides is 1. The van der Waals surface area contributed by atoms with Crippen molar-refractivity contribution in [3.63, 3.8) is 0 Å². The van der Waals surface area contributed by atoms with E-state index in [4.69, 9.17) is 23.2 Å². The van der Waals surface area contributed by atoms with E-state index in [1.807, 2.05) is 0 Å². The minimum Gasteiger partial charge on any atom is -0.393 e. The van der Waals surface area contributed by atoms with Crippen molar-refractivity contribution in [2.24, 2.45) is 5.92 Å². The maximum absolute atomic E-state index is 12.2. The number of aliphatic hydroxyl groups is 1. The molecule has 2 atom stereocenters. The van der Waals surface area contributed by atoms with E-state index in [1.165, 1.54) is 6.08 Å². The SMILES string of the molecule is CC(O)C1CCCN(C(=O)/C=C/c2c(Cl)cccc2Cl)C1. The molecule has 21 heavy (non-hydrogen) atoms. The molecule has 114 valence electrons. The first-order valence-corrected chi connectivity index (χ1v) is 7.83. The first-order chi connectivity index (χ1) is 9.99. The van der Waals surface area contributed by atoms with Crippen molar-refractivity contribution in [1.29, 1.82) is 0 Å². The van der Waals surface area contributed by atoms with Crippen LogP contribution in [-0.4, -0.2) is 35.1 Å². The molecule has 2 rings (SSSR count). The van der Waals surface area contributed by atoms with E-state index < -0.39 is 0 Å². The second-order valence-corrected chi connectivity index (χ2v) is 6.21. The van der Waals surface area contributed by atoms with Gasteiger partial charge >= 0.3 is 0 Å². The van der Waals surface area contributed by atoms with Gasteiger partial charge in [-0.05, 0) is 38.0 Å². The normalized spacial score (nSPS) is 20.8. The van der Waals surface area contributed by atoms with Crippen LogP contribution in [0.3, 0.4) is 0 Å². The van der Waals surface area contributed by atoms with Gasteiger partial charge in [-0.3, -0.25) is 4.79 Å². The van der Waals surface area contributed by atoms with E-state index in [9.17, 15) is 9.90 Å². The monoisotopic (exact) mass is 327 g/mol. The van der Waals surface area contributed by atoms with Crippen molar-refractivity contribution in [3.8, 4) is 0 Å². The quantitative estimate of drug-likeness (QED) is 0.861. The molecular formula is C16H19Cl2NO2. The van der Waals surface area contributed by atoms with Crippen LogP contribution < -0.4 is 0 Å². The van der Waals surface area contributed by atoms with Crippen LogP contribution in [-0.2, 0) is 4.79 Å². The largest absolute Gasteiger partial charge is 0.393 e. The van der Waals surface area contributed by atoms with Gasteiger partial charge in [-0.2, -0.15) is 0 Å². The Hall–Kier alpha value is -1.03. The van der Waals surface area contributed by atoms with E-state index >= 15 is 0 Å². The van der Waals surface area contributed by atoms with Gasteiger partial charge in [-0.15, -0.1) is 0 Å². The van der Waals surface area contributed by atoms with Gasteiger partial charge in [0.15, 0.2) is 0 Å². The van der Waals surface area contributed by atoms with E-state index in [2.05, 4.69) is 0 Å². The van der Waals surface area contributed by atoms with Crippen LogP contribution in [0.15, 0.2) is 24.3 Å². The standard InChI is InChI=1S/C16H19Cl2NO2/c1-11(20)12-4-3-9-19(10-12)16(21)8-7-13-14(17)5-2-6-15(13)18/h2,5-8,11-12,20H,3-4,9-10H2,1H3/b8-7+. The number of halogens is 2. The van der Waals surface area contributed by atoms with E-state index in [1.54, 1.807) is 36.1 Å². The number of likely N-dealkylation sites (tertiary alicyclic amines) is 1. The maximum atomic E-state index is 12.2. The molecule has 1 amide bonds. The first kappa shape index (κ1) is 16.3. The molecule has 0 aromatic heterocycles. The van der Waals surface area contributed by atoms with Gasteiger partial charge in [0.25, 0.3) is 0 Å². The minimum absolute atomic E-state index is 0.0728. The topological polar surface area (TPSA) is 40.5 Å². The minimum atomic E-state index is -0.386. The zero-order valence-electron chi connectivity index (χ0n) is 11.9. The molecule has 1 aliphatic heterocycles. The fourth-order valence-electron chi connectivity index (χ4n) is 2.53. The van der Waals surface area contributed by atoms with Crippen LogP contribution in [0.4, 0.5) is 0 Å². The van der Waals surface area contributed by atoms with Crippen molar-refractivity contribution in [1.82, 2.24) is 4.90 Å². The lowest BCUT2D eigenvalue weighted by Gasteiger charge is -2.33. The number of carbonyl (C=O) groups excluding carboxylic acids is 1. The molecule has 0 aliphatic carbocycles. The Kier molecular flexibility index (Phi) is 5.68. The number of aliphatic hydroxyl groups excluding tert-OH is 1. The number of benzene rings is 1. The molecule has 0 saturated carbocycles. The van der Waals surface area contributed by atoms with Crippen molar-refractivity contribution < 1.29 is 9.90 Å². The zero-order chi connectivity index (χ0) is 15.4. The lowest BCUT2D eigenvalue weighted by atomic mass is 9.93. The summed E-state index contributed by atoms with van der Waals surface area (Å²) in [6.07, 6.45) is 4.64. The molecule has 1 saturated heterocycles. The fourth-order valence-corrected chi connectivity index (χ4v) is 3.06. The summed E-state index contributed by atoms with van der Waals surface area (Å²) in [6, 6.07) is 5.24. The molecule has 0 bridgehead atoms. The number of nitrogens with zero attached hydrogens (tertiary/aromatic N) is 1. The van der Waals surface area contributed by atoms with Gasteiger partial charge in [-0.1, -0.05) is 29.3 Å². The number of carbonyl (C=O) groups is 1. The third-order valence-corrected chi connectivity index (χ3v) is 4.50. The smallest absolute Gasteiger partial charge is 0.246 e. The van der Waals surface area contributed by atoms with Crippen LogP contribution in [0.2, 0.25) is 10.0 Å². The molecule has 1 fully saturated rings. The Labute approximate surface area is 135 Å². The van der Waals surface area contributed by atoms with Crippen LogP contribution in [0, 0.1) is 5.92 Å². The predicted molar refractivity (Wildman–Crippen MR) is 86.5 cm³/mol. The Balaban J connectivity index is 2.05. The number of piperidine rings is 1. The molecule has 1 aromatic carbocycles. The molecule has 5 heteroatoms. The fraction of sp³-hybridized carbons (Fsp3) is 0.438. The maximum Gasteiger partial charge on any atom is 0.246 e. The van der Waals surface area contributed by atoms with E-state index in [-0.39, 0.29) is 17.9 Å². The predicted octanol–water partition coefficient (Wildman–Crippen LogP) is 3.63. The first-order valence-electron chi connectivity index (χ1n) is 7.08. The highest BCUT2D eigenvalue weighted by atomic mass is 35.5. The lowest BCUT2D eigenvalue weighted by molar-refractivity contribution is -0.128. The van der Waals surface area contributed by atoms with Crippen LogP contribution in [0.1, 0.15) is 25.3 Å². The van der Waals surface area contributed by atoms with Crippen molar-refractivity contribution >= 4 is 35.2 Å². The summed E-state index contributed by atoms with van der Waals surface area (Å²) < 4.78 is 0. The molecule has 2 unspecified atom stereocenters. The van der Waals surface area contributed by atoms with Crippen molar-refractivity contribution in [2.75, 3.05) is 13.1 Å². The van der Waals surface area contributed by atoms with Gasteiger partial charge in [-0.25, -0.2) is 0 Å². The summed E-state index contributed by atoms with van der Waals surface area (Å²) in [5.74, 6) is 0.0799. The molecule has 0 radical (unpaired) electrons. The summed E-state index contributed by atoms with van der Waals surface area (Å²) in [5, 5.41) is 10.7. The summed E-state index contributed by atoms with van der Waals surface area (Å²) in [6.45, 7) is 3.09. The van der Waals surface area contributed by atoms with Crippen molar-refractivity contribution in [3.05, 3.63) is 39.9 Å². The van der Waals surface area contributed by atoms with Gasteiger partial charge in [0.2, 0.25) is 5.91 Å². The lowest BCUT2D eigenvalue weighted by Crippen LogP contribution is -2.42. The average molecular weight is 328 g/mol. The Morgan fingerprint density at radius 3 is 2.71 bits per heavy atom. The molecule has 1 aliphatic rings. The third-order valence-electron chi connectivity index (χ3n) is 3.84. The summed E-state index contributed by atoms with van der Waals surface area (Å²) in [4.78, 5) is 14.0. The highest BCUT2D eigenvalue weighted by Crippen LogP contribution is 2.26. The van der Waals surface area contributed by atoms with Gasteiger partial charge in [0, 0.05) is 40.7 Å². The average Bonchev–Trinajstić information content (AvgIpc) is 2.46.